The lowest BCUT2D eigenvalue weighted by Crippen LogP contribution is -2.38. The summed E-state index contributed by atoms with van der Waals surface area (Å²) >= 11 is 0. The largest absolute Gasteiger partial charge is 0.480 e. The molecule has 0 spiro atoms. The van der Waals surface area contributed by atoms with E-state index in [1.807, 2.05) is 13.8 Å². The number of hydrogen-bond donors (Lipinski definition) is 2. The lowest BCUT2D eigenvalue weighted by molar-refractivity contribution is -0.143. The van der Waals surface area contributed by atoms with Gasteiger partial charge in [0.15, 0.2) is 0 Å². The van der Waals surface area contributed by atoms with Crippen molar-refractivity contribution in [3.05, 3.63) is 0 Å². The molecule has 5 nitrogen and oxygen atoms in total. The van der Waals surface area contributed by atoms with E-state index in [9.17, 15) is 9.59 Å². The number of amides is 1. The van der Waals surface area contributed by atoms with Crippen molar-refractivity contribution in [1.29, 1.82) is 0 Å². The molecule has 16 heavy (non-hydrogen) atoms. The first kappa shape index (κ1) is 14.5. The van der Waals surface area contributed by atoms with Gasteiger partial charge in [-0.25, -0.2) is 0 Å². The summed E-state index contributed by atoms with van der Waals surface area (Å²) in [5.41, 5.74) is 0. The van der Waals surface area contributed by atoms with Crippen LogP contribution < -0.4 is 5.32 Å². The van der Waals surface area contributed by atoms with Crippen LogP contribution in [0.15, 0.2) is 0 Å². The molecule has 2 N–H and O–H groups in total. The average molecular weight is 226 g/mol. The second-order valence-corrected chi connectivity index (χ2v) is 3.71. The molecule has 0 saturated heterocycles. The maximum atomic E-state index is 11.6. The molecular formula is C11H18N2O3. The number of rotatable bonds is 7. The molecule has 5 heteroatoms. The minimum Gasteiger partial charge on any atom is -0.480 e. The average Bonchev–Trinajstić information content (AvgIpc) is 2.15. The second kappa shape index (κ2) is 7.71. The zero-order chi connectivity index (χ0) is 12.6. The van der Waals surface area contributed by atoms with Gasteiger partial charge in [0, 0.05) is 19.0 Å². The molecule has 0 unspecified atom stereocenters. The fourth-order valence-corrected chi connectivity index (χ4v) is 1.13. The lowest BCUT2D eigenvalue weighted by Gasteiger charge is -2.18. The Morgan fingerprint density at radius 1 is 1.50 bits per heavy atom. The Morgan fingerprint density at radius 3 is 2.56 bits per heavy atom. The summed E-state index contributed by atoms with van der Waals surface area (Å²) in [6.07, 6.45) is 5.32. The molecule has 0 saturated carbocycles. The van der Waals surface area contributed by atoms with Crippen LogP contribution in [0.5, 0.6) is 0 Å². The van der Waals surface area contributed by atoms with Gasteiger partial charge in [-0.2, -0.15) is 0 Å². The number of carbonyl (C=O) groups is 2. The van der Waals surface area contributed by atoms with Crippen molar-refractivity contribution in [2.24, 2.45) is 0 Å². The first-order chi connectivity index (χ1) is 7.47. The van der Waals surface area contributed by atoms with Crippen LogP contribution in [-0.4, -0.2) is 47.6 Å². The van der Waals surface area contributed by atoms with Gasteiger partial charge < -0.3 is 15.3 Å². The third-order valence-electron chi connectivity index (χ3n) is 1.85. The minimum absolute atomic E-state index is 0.0345. The fraction of sp³-hybridized carbons (Fsp3) is 0.636. The smallest absolute Gasteiger partial charge is 0.323 e. The van der Waals surface area contributed by atoms with Gasteiger partial charge in [0.25, 0.3) is 0 Å². The Kier molecular flexibility index (Phi) is 6.97. The molecular weight excluding hydrogens is 208 g/mol. The number of nitrogens with one attached hydrogen (secondary N) is 1. The van der Waals surface area contributed by atoms with Gasteiger partial charge in [0.1, 0.15) is 6.54 Å². The number of aliphatic carboxylic acids is 1. The van der Waals surface area contributed by atoms with Gasteiger partial charge in [-0.15, -0.1) is 6.42 Å². The monoisotopic (exact) mass is 226 g/mol. The second-order valence-electron chi connectivity index (χ2n) is 3.71. The number of carboxylic acids is 1. The van der Waals surface area contributed by atoms with E-state index in [1.165, 1.54) is 0 Å². The molecule has 0 aromatic rings. The predicted octanol–water partition coefficient (Wildman–Crippen LogP) is -0.0791. The van der Waals surface area contributed by atoms with Gasteiger partial charge in [-0.1, -0.05) is 19.8 Å². The topological polar surface area (TPSA) is 69.6 Å². The number of carbonyl (C=O) groups excluding carboxylic acids is 1. The third kappa shape index (κ3) is 6.85. The molecule has 0 aliphatic rings. The quantitative estimate of drug-likeness (QED) is 0.596. The molecule has 0 rings (SSSR count). The summed E-state index contributed by atoms with van der Waals surface area (Å²) in [7, 11) is 0. The van der Waals surface area contributed by atoms with Gasteiger partial charge in [0.05, 0.1) is 6.54 Å². The van der Waals surface area contributed by atoms with Gasteiger partial charge >= 0.3 is 5.97 Å². The third-order valence-corrected chi connectivity index (χ3v) is 1.85. The van der Waals surface area contributed by atoms with E-state index in [0.29, 0.717) is 12.6 Å². The Morgan fingerprint density at radius 2 is 2.12 bits per heavy atom. The Hall–Kier alpha value is -1.54. The summed E-state index contributed by atoms with van der Waals surface area (Å²) in [6.45, 7) is 4.16. The standard InChI is InChI=1S/C11H18N2O3/c1-4-7-13(8-11(15)16)10(14)5-6-12-9(2)3/h1,9,12H,5-8H2,2-3H3,(H,15,16). The Labute approximate surface area is 95.8 Å². The molecule has 0 aliphatic heterocycles. The first-order valence-electron chi connectivity index (χ1n) is 5.13. The molecule has 0 heterocycles. The van der Waals surface area contributed by atoms with E-state index in [1.54, 1.807) is 0 Å². The van der Waals surface area contributed by atoms with E-state index >= 15 is 0 Å². The van der Waals surface area contributed by atoms with E-state index < -0.39 is 5.97 Å². The van der Waals surface area contributed by atoms with Crippen LogP contribution in [0.25, 0.3) is 0 Å². The van der Waals surface area contributed by atoms with E-state index in [4.69, 9.17) is 11.5 Å². The summed E-state index contributed by atoms with van der Waals surface area (Å²) < 4.78 is 0. The maximum absolute atomic E-state index is 11.6. The van der Waals surface area contributed by atoms with Crippen LogP contribution in [0, 0.1) is 12.3 Å². The molecule has 0 atom stereocenters. The van der Waals surface area contributed by atoms with Crippen LogP contribution >= 0.6 is 0 Å². The van der Waals surface area contributed by atoms with E-state index in [2.05, 4.69) is 11.2 Å². The van der Waals surface area contributed by atoms with Crippen molar-refractivity contribution in [2.45, 2.75) is 26.3 Å². The Bertz CT molecular complexity index is 281. The highest BCUT2D eigenvalue weighted by Gasteiger charge is 2.15. The Balaban J connectivity index is 4.07. The molecule has 0 aromatic heterocycles. The summed E-state index contributed by atoms with van der Waals surface area (Å²) in [5, 5.41) is 11.7. The fourth-order valence-electron chi connectivity index (χ4n) is 1.13. The van der Waals surface area contributed by atoms with Crippen molar-refractivity contribution in [3.8, 4) is 12.3 Å². The highest BCUT2D eigenvalue weighted by molar-refractivity contribution is 5.81. The zero-order valence-electron chi connectivity index (χ0n) is 9.69. The summed E-state index contributed by atoms with van der Waals surface area (Å²) in [5.74, 6) is 0.977. The molecule has 0 aromatic carbocycles. The van der Waals surface area contributed by atoms with Crippen molar-refractivity contribution in [2.75, 3.05) is 19.6 Å². The summed E-state index contributed by atoms with van der Waals surface area (Å²) in [4.78, 5) is 23.2. The first-order valence-corrected chi connectivity index (χ1v) is 5.13. The number of hydrogen-bond acceptors (Lipinski definition) is 3. The van der Waals surface area contributed by atoms with Crippen LogP contribution in [0.4, 0.5) is 0 Å². The normalized spacial score (nSPS) is 9.88. The molecule has 90 valence electrons. The van der Waals surface area contributed by atoms with E-state index in [0.717, 1.165) is 4.90 Å². The molecule has 0 bridgehead atoms. The number of terminal acetylenes is 1. The van der Waals surface area contributed by atoms with Crippen molar-refractivity contribution in [3.63, 3.8) is 0 Å². The van der Waals surface area contributed by atoms with Crippen LogP contribution in [0.3, 0.4) is 0 Å². The van der Waals surface area contributed by atoms with Crippen molar-refractivity contribution < 1.29 is 14.7 Å². The van der Waals surface area contributed by atoms with Crippen molar-refractivity contribution in [1.82, 2.24) is 10.2 Å². The molecule has 0 fully saturated rings. The van der Waals surface area contributed by atoms with Crippen LogP contribution in [0.1, 0.15) is 20.3 Å². The highest BCUT2D eigenvalue weighted by atomic mass is 16.4. The highest BCUT2D eigenvalue weighted by Crippen LogP contribution is 1.94. The van der Waals surface area contributed by atoms with Crippen LogP contribution in [-0.2, 0) is 9.59 Å². The number of nitrogens with zero attached hydrogens (tertiary/aromatic N) is 1. The number of carboxylic acid groups (broad SMARTS) is 1. The predicted molar refractivity (Wildman–Crippen MR) is 60.8 cm³/mol. The minimum atomic E-state index is -1.06. The maximum Gasteiger partial charge on any atom is 0.323 e. The molecule has 1 amide bonds. The zero-order valence-corrected chi connectivity index (χ0v) is 9.69. The van der Waals surface area contributed by atoms with E-state index in [-0.39, 0.29) is 25.4 Å². The van der Waals surface area contributed by atoms with Crippen molar-refractivity contribution >= 4 is 11.9 Å². The lowest BCUT2D eigenvalue weighted by atomic mass is 10.3. The van der Waals surface area contributed by atoms with Gasteiger partial charge in [-0.3, -0.25) is 9.59 Å². The SMILES string of the molecule is C#CCN(CC(=O)O)C(=O)CCNC(C)C. The summed E-state index contributed by atoms with van der Waals surface area (Å²) in [6, 6.07) is 0.299. The molecule has 0 radical (unpaired) electrons. The van der Waals surface area contributed by atoms with Gasteiger partial charge in [-0.05, 0) is 0 Å². The van der Waals surface area contributed by atoms with Gasteiger partial charge in [0.2, 0.25) is 5.91 Å². The molecule has 0 aliphatic carbocycles. The van der Waals surface area contributed by atoms with Crippen LogP contribution in [0.2, 0.25) is 0 Å².